The normalized spacial score (nSPS) is 13.5. The minimum atomic E-state index is -5.23. The highest BCUT2D eigenvalue weighted by Crippen LogP contribution is 2.50. The van der Waals surface area contributed by atoms with Gasteiger partial charge in [-0.2, -0.15) is 143 Å². The van der Waals surface area contributed by atoms with Crippen molar-refractivity contribution >= 4 is 56.3 Å². The van der Waals surface area contributed by atoms with Gasteiger partial charge in [-0.05, 0) is 136 Å². The molecule has 27 nitrogen and oxygen atoms in total. The molecule has 0 bridgehead atoms. The Bertz CT molecular complexity index is 9240. The van der Waals surface area contributed by atoms with E-state index >= 15 is 0 Å². The molecule has 0 amide bonds. The quantitative estimate of drug-likeness (QED) is 0.0897. The second kappa shape index (κ2) is 39.0. The van der Waals surface area contributed by atoms with Crippen molar-refractivity contribution in [2.75, 3.05) is 0 Å². The molecular weight excluding hydrogens is 1980 g/mol. The minimum absolute atomic E-state index is 0.0284. The standard InChI is InChI=1S/C28H10F6N6.C21H7F3N6.C21H7N7.C18H6F6N4.C17H7F3N4/c1-37-40-25-21-11-19(15-4-8-17(9-5-15)28(32,33)34)18(14-2-6-16(7-3-14)27(29,30)31)10-20(21)24-26(25)39-23(13-36)22(12-35)38-24;1-27-30-19-14-7-4-12(11-2-5-13(6-3-11)21(22,23)24)8-15(14)18-20(19)29-17(10-26)16(9-25)28-18;1-24-14-6-3-12(4-7-14)13-5-8-15-16(9-13)19-21(20(15)28-25-2)27-18(11-23)17(10-22)26-19;1-25-28-15-9-5-3-2-4-8(9)14-16(15)27-13-7-11(18(22,23)24)10(17(19,20)21)6-12(13)26-14;1-21-24-15-11-5-3-2-4-10(11)14-16(15)22-12-7-6-9(17(18,19)20)8-13(12)23-14/h2-11H;2-8H;3-9H;2-7H;2-8H/b40-25+;30-19+;28-20+;28-15+;24-15+. The molecule has 11 aromatic carbocycles. The first-order valence-electron chi connectivity index (χ1n) is 42.1. The van der Waals surface area contributed by atoms with Gasteiger partial charge < -0.3 is 0 Å². The van der Waals surface area contributed by atoms with Crippen LogP contribution in [0.25, 0.3) is 152 Å². The average Bonchev–Trinajstić information content (AvgIpc) is 1.61. The van der Waals surface area contributed by atoms with Crippen molar-refractivity contribution in [3.8, 4) is 137 Å². The number of aromatic nitrogens is 10. The summed E-state index contributed by atoms with van der Waals surface area (Å²) in [6.07, 6.45) is -28.5. The summed E-state index contributed by atoms with van der Waals surface area (Å²) in [5.41, 5.74) is 5.55. The van der Waals surface area contributed by atoms with E-state index in [-0.39, 0.29) is 102 Å². The Hall–Kier alpha value is -21.7. The second-order valence-corrected chi connectivity index (χ2v) is 31.6. The Morgan fingerprint density at radius 1 is 0.207 bits per heavy atom. The molecule has 5 aromatic heterocycles. The molecule has 5 aliphatic rings. The maximum absolute atomic E-state index is 13.2. The van der Waals surface area contributed by atoms with E-state index in [0.29, 0.717) is 147 Å². The summed E-state index contributed by atoms with van der Waals surface area (Å²) in [7, 11) is 0. The summed E-state index contributed by atoms with van der Waals surface area (Å²) in [6, 6.07) is 62.5. The fraction of sp³-hybridized carbons (Fsp3) is 0.0571. The number of fused-ring (bicyclic) bond motifs is 17. The van der Waals surface area contributed by atoms with Gasteiger partial charge in [0.1, 0.15) is 82.0 Å². The number of nitrogens with zero attached hydrogens (tertiary/aromatic N) is 27. The van der Waals surface area contributed by atoms with Crippen LogP contribution < -0.4 is 0 Å². The molecule has 718 valence electrons. The van der Waals surface area contributed by atoms with Crippen molar-refractivity contribution in [3.05, 3.63) is 417 Å². The first-order valence-corrected chi connectivity index (χ1v) is 42.1. The molecule has 0 fully saturated rings. The van der Waals surface area contributed by atoms with Gasteiger partial charge in [0, 0.05) is 55.6 Å². The molecule has 0 aliphatic heterocycles. The lowest BCUT2D eigenvalue weighted by Gasteiger charge is -2.16. The zero-order chi connectivity index (χ0) is 107. The molecule has 21 rings (SSSR count). The number of benzene rings is 11. The van der Waals surface area contributed by atoms with E-state index in [9.17, 15) is 111 Å². The van der Waals surface area contributed by atoms with Crippen LogP contribution in [-0.4, -0.2) is 78.4 Å². The zero-order valence-electron chi connectivity index (χ0n) is 74.2. The summed E-state index contributed by atoms with van der Waals surface area (Å²) >= 11 is 0. The molecular formula is C105H37F18N27. The average molecular weight is 2020 g/mol. The topological polar surface area (TPSA) is 360 Å². The first kappa shape index (κ1) is 99.9. The molecule has 0 unspecified atom stereocenters. The molecule has 45 heteroatoms. The monoisotopic (exact) mass is 2020 g/mol. The van der Waals surface area contributed by atoms with Crippen LogP contribution >= 0.6 is 0 Å². The van der Waals surface area contributed by atoms with Gasteiger partial charge in [-0.25, -0.2) is 54.7 Å². The largest absolute Gasteiger partial charge is 0.417 e. The second-order valence-electron chi connectivity index (χ2n) is 31.6. The third kappa shape index (κ3) is 18.9. The zero-order valence-corrected chi connectivity index (χ0v) is 74.2. The van der Waals surface area contributed by atoms with E-state index in [0.717, 1.165) is 59.7 Å². The number of nitriles is 6. The van der Waals surface area contributed by atoms with Crippen LogP contribution in [0.5, 0.6) is 0 Å². The van der Waals surface area contributed by atoms with Gasteiger partial charge in [0.2, 0.25) is 0 Å². The Labute approximate surface area is 829 Å². The Balaban J connectivity index is 0.000000129. The number of hydrogen-bond donors (Lipinski definition) is 0. The predicted octanol–water partition coefficient (Wildman–Crippen LogP) is 25.5. The van der Waals surface area contributed by atoms with Crippen LogP contribution in [0, 0.1) is 107 Å². The van der Waals surface area contributed by atoms with Gasteiger partial charge in [0.25, 0.3) is 0 Å². The smallest absolute Gasteiger partial charge is 0.244 e. The fourth-order valence-corrected chi connectivity index (χ4v) is 16.5. The number of hydrogen-bond acceptors (Lipinski definition) is 21. The summed E-state index contributed by atoms with van der Waals surface area (Å²) in [5.74, 6) is 0. The van der Waals surface area contributed by atoms with Crippen molar-refractivity contribution in [1.82, 2.24) is 49.8 Å². The van der Waals surface area contributed by atoms with Crippen LogP contribution in [-0.2, 0) is 37.1 Å². The lowest BCUT2D eigenvalue weighted by atomic mass is 9.89. The van der Waals surface area contributed by atoms with Gasteiger partial charge in [-0.1, -0.05) is 133 Å². The van der Waals surface area contributed by atoms with Crippen LogP contribution in [0.1, 0.15) is 124 Å². The van der Waals surface area contributed by atoms with E-state index in [1.165, 1.54) is 54.6 Å². The fourth-order valence-electron chi connectivity index (χ4n) is 16.5. The molecule has 0 spiro atoms. The summed E-state index contributed by atoms with van der Waals surface area (Å²) in [6.45, 7) is 42.4. The van der Waals surface area contributed by atoms with E-state index in [4.69, 9.17) is 39.4 Å². The van der Waals surface area contributed by atoms with Gasteiger partial charge in [-0.3, -0.25) is 0 Å². The van der Waals surface area contributed by atoms with Crippen molar-refractivity contribution < 1.29 is 79.0 Å². The van der Waals surface area contributed by atoms with Crippen molar-refractivity contribution in [1.29, 1.82) is 31.6 Å². The Morgan fingerprint density at radius 2 is 0.453 bits per heavy atom. The van der Waals surface area contributed by atoms with Crippen LogP contribution in [0.15, 0.2) is 250 Å². The first-order chi connectivity index (χ1) is 71.6. The Morgan fingerprint density at radius 3 is 0.767 bits per heavy atom. The predicted molar refractivity (Wildman–Crippen MR) is 500 cm³/mol. The highest BCUT2D eigenvalue weighted by Gasteiger charge is 2.46. The summed E-state index contributed by atoms with van der Waals surface area (Å²) < 4.78 is 235. The van der Waals surface area contributed by atoms with Crippen LogP contribution in [0.3, 0.4) is 0 Å². The lowest BCUT2D eigenvalue weighted by molar-refractivity contribution is -0.161. The Kier molecular flexibility index (Phi) is 25.9. The van der Waals surface area contributed by atoms with Crippen molar-refractivity contribution in [3.63, 3.8) is 0 Å². The van der Waals surface area contributed by atoms with E-state index in [2.05, 4.69) is 105 Å². The maximum atomic E-state index is 13.2. The van der Waals surface area contributed by atoms with Gasteiger partial charge in [0.15, 0.2) is 68.4 Å². The molecule has 0 atom stereocenters. The number of alkyl halides is 18. The SMILES string of the molecule is [C-]#[N+]/N=C1\c2cc(-c3ccc(C(F)(F)F)cc3)c(-c3ccc(C(F)(F)F)cc3)cc2-c2nc(C#N)c(C#N)nc21.[C-]#[N+]/N=C1\c2ccc(-c3ccc(C(F)(F)F)cc3)cc2-c2nc(C#N)c(C#N)nc21.[C-]#[N+]/N=C1\c2ccc(-c3ccc([N+]#[C-])cc3)cc2-c2nc(C#N)c(C#N)nc21.[C-]#[N+]/N=C1\c2ccccc2-c2nc3cc(C(F)(F)F)c(C(F)(F)F)cc3nc21.[C-]#[N+]/N=C1\c2ccccc2-c2nc3cc(C(F)(F)F)ccc3nc21. The minimum Gasteiger partial charge on any atom is -0.244 e. The third-order valence-corrected chi connectivity index (χ3v) is 23.1. The molecule has 5 heterocycles. The summed E-state index contributed by atoms with van der Waals surface area (Å²) in [4.78, 5) is 60.8. The van der Waals surface area contributed by atoms with Gasteiger partial charge in [-0.15, -0.1) is 24.8 Å². The van der Waals surface area contributed by atoms with E-state index < -0.39 is 70.4 Å². The summed E-state index contributed by atoms with van der Waals surface area (Å²) in [5, 5.41) is 74.6. The highest BCUT2D eigenvalue weighted by molar-refractivity contribution is 6.27. The lowest BCUT2D eigenvalue weighted by Crippen LogP contribution is -2.17. The van der Waals surface area contributed by atoms with E-state index in [1.54, 1.807) is 97.1 Å². The third-order valence-electron chi connectivity index (χ3n) is 23.1. The van der Waals surface area contributed by atoms with Crippen molar-refractivity contribution in [2.45, 2.75) is 37.1 Å². The number of halogens is 18. The molecule has 150 heavy (non-hydrogen) atoms. The van der Waals surface area contributed by atoms with Gasteiger partial charge in [0.05, 0.1) is 98.9 Å². The van der Waals surface area contributed by atoms with E-state index in [1.807, 2.05) is 48.5 Å². The van der Waals surface area contributed by atoms with Gasteiger partial charge >= 0.3 is 37.1 Å². The maximum Gasteiger partial charge on any atom is 0.417 e. The molecule has 16 aromatic rings. The van der Waals surface area contributed by atoms with Crippen LogP contribution in [0.2, 0.25) is 0 Å². The highest BCUT2D eigenvalue weighted by atomic mass is 19.4. The van der Waals surface area contributed by atoms with Crippen LogP contribution in [0.4, 0.5) is 84.7 Å². The molecule has 0 radical (unpaired) electrons. The molecule has 0 saturated carbocycles. The molecule has 0 saturated heterocycles. The van der Waals surface area contributed by atoms with Crippen molar-refractivity contribution in [2.24, 2.45) is 25.5 Å². The number of rotatable bonds is 4. The molecule has 0 N–H and O–H groups in total. The molecule has 5 aliphatic carbocycles.